The Labute approximate surface area is 125 Å². The highest BCUT2D eigenvalue weighted by Crippen LogP contribution is 2.27. The summed E-state index contributed by atoms with van der Waals surface area (Å²) in [5.41, 5.74) is 1.05. The Morgan fingerprint density at radius 1 is 1.33 bits per heavy atom. The third-order valence-corrected chi connectivity index (χ3v) is 3.42. The number of para-hydroxylation sites is 2. The summed E-state index contributed by atoms with van der Waals surface area (Å²) in [6.07, 6.45) is 0. The van der Waals surface area contributed by atoms with E-state index in [1.165, 1.54) is 0 Å². The molecule has 0 N–H and O–H groups in total. The molecule has 0 amide bonds. The molecule has 0 radical (unpaired) electrons. The van der Waals surface area contributed by atoms with Crippen molar-refractivity contribution < 1.29 is 9.53 Å². The van der Waals surface area contributed by atoms with Gasteiger partial charge in [0.25, 0.3) is 0 Å². The maximum absolute atomic E-state index is 12.4. The van der Waals surface area contributed by atoms with Gasteiger partial charge in [0.2, 0.25) is 0 Å². The molecule has 2 rings (SSSR count). The standard InChI is InChI=1S/C16H23N3O2/c1-6-21-15(20)16(2,3)19-13-10-8-7-9-12(13)17-14(19)11-18(4)5/h7-10H,6,11H2,1-5H3. The number of benzene rings is 1. The molecule has 0 aliphatic carbocycles. The number of ether oxygens (including phenoxy) is 1. The Morgan fingerprint density at radius 2 is 2.00 bits per heavy atom. The van der Waals surface area contributed by atoms with Crippen molar-refractivity contribution in [3.8, 4) is 0 Å². The predicted molar refractivity (Wildman–Crippen MR) is 83.1 cm³/mol. The molecule has 0 aliphatic rings. The Morgan fingerprint density at radius 3 is 2.62 bits per heavy atom. The first-order valence-corrected chi connectivity index (χ1v) is 7.16. The lowest BCUT2D eigenvalue weighted by Gasteiger charge is -2.27. The number of carbonyl (C=O) groups is 1. The normalized spacial score (nSPS) is 12.1. The topological polar surface area (TPSA) is 47.4 Å². The minimum atomic E-state index is -0.794. The van der Waals surface area contributed by atoms with Gasteiger partial charge in [0.1, 0.15) is 11.4 Å². The molecule has 0 unspecified atom stereocenters. The maximum atomic E-state index is 12.4. The number of hydrogen-bond acceptors (Lipinski definition) is 4. The molecule has 0 bridgehead atoms. The highest BCUT2D eigenvalue weighted by Gasteiger charge is 2.34. The minimum Gasteiger partial charge on any atom is -0.464 e. The molecule has 1 aromatic carbocycles. The van der Waals surface area contributed by atoms with Crippen LogP contribution in [-0.2, 0) is 21.6 Å². The van der Waals surface area contributed by atoms with Crippen molar-refractivity contribution in [1.29, 1.82) is 0 Å². The molecule has 1 aromatic heterocycles. The molecule has 114 valence electrons. The molecule has 0 aliphatic heterocycles. The Bertz CT molecular complexity index is 644. The van der Waals surface area contributed by atoms with Crippen molar-refractivity contribution in [2.75, 3.05) is 20.7 Å². The van der Waals surface area contributed by atoms with Crippen LogP contribution in [0.25, 0.3) is 11.0 Å². The van der Waals surface area contributed by atoms with Crippen molar-refractivity contribution in [1.82, 2.24) is 14.5 Å². The maximum Gasteiger partial charge on any atom is 0.331 e. The molecule has 0 saturated heterocycles. The van der Waals surface area contributed by atoms with Crippen molar-refractivity contribution in [3.63, 3.8) is 0 Å². The number of nitrogens with zero attached hydrogens (tertiary/aromatic N) is 3. The fourth-order valence-corrected chi connectivity index (χ4v) is 2.49. The minimum absolute atomic E-state index is 0.242. The van der Waals surface area contributed by atoms with E-state index in [4.69, 9.17) is 4.74 Å². The largest absolute Gasteiger partial charge is 0.464 e. The van der Waals surface area contributed by atoms with Gasteiger partial charge >= 0.3 is 5.97 Å². The van der Waals surface area contributed by atoms with Gasteiger partial charge in [-0.05, 0) is 47.0 Å². The van der Waals surface area contributed by atoms with Crippen LogP contribution in [-0.4, -0.2) is 41.1 Å². The molecule has 5 nitrogen and oxygen atoms in total. The van der Waals surface area contributed by atoms with Gasteiger partial charge in [0.05, 0.1) is 24.2 Å². The monoisotopic (exact) mass is 289 g/mol. The number of carbonyl (C=O) groups excluding carboxylic acids is 1. The number of aromatic nitrogens is 2. The van der Waals surface area contributed by atoms with Crippen LogP contribution in [0.4, 0.5) is 0 Å². The van der Waals surface area contributed by atoms with Crippen LogP contribution in [0.5, 0.6) is 0 Å². The van der Waals surface area contributed by atoms with E-state index in [0.717, 1.165) is 16.9 Å². The second-order valence-corrected chi connectivity index (χ2v) is 5.87. The highest BCUT2D eigenvalue weighted by molar-refractivity contribution is 5.83. The third kappa shape index (κ3) is 2.93. The van der Waals surface area contributed by atoms with Gasteiger partial charge in [-0.2, -0.15) is 0 Å². The van der Waals surface area contributed by atoms with Crippen LogP contribution in [0, 0.1) is 0 Å². The first-order valence-electron chi connectivity index (χ1n) is 7.16. The van der Waals surface area contributed by atoms with E-state index in [2.05, 4.69) is 4.98 Å². The third-order valence-electron chi connectivity index (χ3n) is 3.42. The van der Waals surface area contributed by atoms with Crippen LogP contribution >= 0.6 is 0 Å². The number of rotatable bonds is 5. The number of imidazole rings is 1. The van der Waals surface area contributed by atoms with E-state index >= 15 is 0 Å². The molecule has 1 heterocycles. The first-order chi connectivity index (χ1) is 9.87. The van der Waals surface area contributed by atoms with Crippen molar-refractivity contribution in [3.05, 3.63) is 30.1 Å². The van der Waals surface area contributed by atoms with Gasteiger partial charge in [0, 0.05) is 0 Å². The lowest BCUT2D eigenvalue weighted by molar-refractivity contribution is -0.152. The predicted octanol–water partition coefficient (Wildman–Crippen LogP) is 2.40. The Balaban J connectivity index is 2.61. The van der Waals surface area contributed by atoms with Gasteiger partial charge < -0.3 is 14.2 Å². The highest BCUT2D eigenvalue weighted by atomic mass is 16.5. The fraction of sp³-hybridized carbons (Fsp3) is 0.500. The molecule has 0 fully saturated rings. The molecule has 0 spiro atoms. The lowest BCUT2D eigenvalue weighted by atomic mass is 10.0. The zero-order valence-electron chi connectivity index (χ0n) is 13.4. The Hall–Kier alpha value is -1.88. The van der Waals surface area contributed by atoms with E-state index < -0.39 is 5.54 Å². The van der Waals surface area contributed by atoms with E-state index in [1.54, 1.807) is 0 Å². The van der Waals surface area contributed by atoms with Gasteiger partial charge in [-0.15, -0.1) is 0 Å². The lowest BCUT2D eigenvalue weighted by Crippen LogP contribution is -2.39. The summed E-state index contributed by atoms with van der Waals surface area (Å²) in [6, 6.07) is 7.87. The Kier molecular flexibility index (Phi) is 4.32. The zero-order valence-corrected chi connectivity index (χ0v) is 13.4. The number of fused-ring (bicyclic) bond motifs is 1. The van der Waals surface area contributed by atoms with Crippen molar-refractivity contribution in [2.45, 2.75) is 32.9 Å². The van der Waals surface area contributed by atoms with Crippen LogP contribution in [0.2, 0.25) is 0 Å². The molecule has 5 heteroatoms. The molecular weight excluding hydrogens is 266 g/mol. The smallest absolute Gasteiger partial charge is 0.331 e. The quantitative estimate of drug-likeness (QED) is 0.793. The molecule has 0 atom stereocenters. The summed E-state index contributed by atoms with van der Waals surface area (Å²) < 4.78 is 7.22. The second kappa shape index (κ2) is 5.85. The number of esters is 1. The van der Waals surface area contributed by atoms with Gasteiger partial charge in [-0.3, -0.25) is 0 Å². The summed E-state index contributed by atoms with van der Waals surface area (Å²) in [5, 5.41) is 0. The summed E-state index contributed by atoms with van der Waals surface area (Å²) in [6.45, 7) is 6.60. The van der Waals surface area contributed by atoms with Crippen LogP contribution in [0.3, 0.4) is 0 Å². The van der Waals surface area contributed by atoms with Crippen LogP contribution in [0.15, 0.2) is 24.3 Å². The summed E-state index contributed by atoms with van der Waals surface area (Å²) in [5.74, 6) is 0.618. The van der Waals surface area contributed by atoms with E-state index in [1.807, 2.05) is 68.6 Å². The van der Waals surface area contributed by atoms with Crippen LogP contribution < -0.4 is 0 Å². The summed E-state index contributed by atoms with van der Waals surface area (Å²) >= 11 is 0. The van der Waals surface area contributed by atoms with Gasteiger partial charge in [0.15, 0.2) is 0 Å². The van der Waals surface area contributed by atoms with E-state index in [-0.39, 0.29) is 5.97 Å². The molecule has 2 aromatic rings. The van der Waals surface area contributed by atoms with Gasteiger partial charge in [-0.1, -0.05) is 12.1 Å². The first kappa shape index (κ1) is 15.5. The average Bonchev–Trinajstić information content (AvgIpc) is 2.76. The summed E-state index contributed by atoms with van der Waals surface area (Å²) in [4.78, 5) is 19.1. The molecular formula is C16H23N3O2. The van der Waals surface area contributed by atoms with Gasteiger partial charge in [-0.25, -0.2) is 9.78 Å². The number of hydrogen-bond donors (Lipinski definition) is 0. The zero-order chi connectivity index (χ0) is 15.6. The van der Waals surface area contributed by atoms with E-state index in [0.29, 0.717) is 13.2 Å². The van der Waals surface area contributed by atoms with Crippen molar-refractivity contribution in [2.24, 2.45) is 0 Å². The average molecular weight is 289 g/mol. The van der Waals surface area contributed by atoms with E-state index in [9.17, 15) is 4.79 Å². The van der Waals surface area contributed by atoms with Crippen LogP contribution in [0.1, 0.15) is 26.6 Å². The molecule has 21 heavy (non-hydrogen) atoms. The molecule has 0 saturated carbocycles. The second-order valence-electron chi connectivity index (χ2n) is 5.87. The SMILES string of the molecule is CCOC(=O)C(C)(C)n1c(CN(C)C)nc2ccccc21. The fourth-order valence-electron chi connectivity index (χ4n) is 2.49. The van der Waals surface area contributed by atoms with Crippen molar-refractivity contribution >= 4 is 17.0 Å². The summed E-state index contributed by atoms with van der Waals surface area (Å²) in [7, 11) is 3.97.